The second kappa shape index (κ2) is 8.68. The van der Waals surface area contributed by atoms with Crippen molar-refractivity contribution in [3.05, 3.63) is 57.5 Å². The molecule has 1 heterocycles. The number of aromatic amines is 1. The van der Waals surface area contributed by atoms with Crippen LogP contribution in [0.25, 0.3) is 0 Å². The molecule has 1 atom stereocenters. The zero-order valence-electron chi connectivity index (χ0n) is 14.2. The highest BCUT2D eigenvalue weighted by Crippen LogP contribution is 2.22. The van der Waals surface area contributed by atoms with Crippen molar-refractivity contribution in [2.24, 2.45) is 0 Å². The van der Waals surface area contributed by atoms with Gasteiger partial charge in [0.15, 0.2) is 5.16 Å². The standard InChI is InChI=1S/C18H22N2O3S/c1-4-12(3)24-18-19-14(11-13-9-7-6-8-10-13)15(16(21)20-18)17(22)23-5-2/h6-10,12H,4-5,11H2,1-3H3,(H,19,20,21). The fraction of sp³-hybridized carbons (Fsp3) is 0.389. The lowest BCUT2D eigenvalue weighted by Crippen LogP contribution is -2.25. The molecular weight excluding hydrogens is 324 g/mol. The first-order valence-electron chi connectivity index (χ1n) is 8.06. The summed E-state index contributed by atoms with van der Waals surface area (Å²) in [6.45, 7) is 6.07. The van der Waals surface area contributed by atoms with Crippen LogP contribution in [0, 0.1) is 0 Å². The molecule has 1 aromatic heterocycles. The third kappa shape index (κ3) is 4.71. The second-order valence-corrected chi connectivity index (χ2v) is 6.84. The molecule has 0 aliphatic rings. The predicted octanol–water partition coefficient (Wildman–Crippen LogP) is 3.43. The molecule has 0 amide bonds. The lowest BCUT2D eigenvalue weighted by molar-refractivity contribution is 0.0522. The number of rotatable bonds is 7. The average Bonchev–Trinajstić information content (AvgIpc) is 2.55. The van der Waals surface area contributed by atoms with Gasteiger partial charge in [0.1, 0.15) is 5.56 Å². The molecule has 0 radical (unpaired) electrons. The van der Waals surface area contributed by atoms with Crippen LogP contribution >= 0.6 is 11.8 Å². The fourth-order valence-corrected chi connectivity index (χ4v) is 3.02. The number of benzene rings is 1. The van der Waals surface area contributed by atoms with Crippen molar-refractivity contribution in [1.29, 1.82) is 0 Å². The van der Waals surface area contributed by atoms with E-state index in [-0.39, 0.29) is 12.2 Å². The molecule has 0 aliphatic carbocycles. The van der Waals surface area contributed by atoms with E-state index in [2.05, 4.69) is 23.8 Å². The second-order valence-electron chi connectivity index (χ2n) is 5.41. The van der Waals surface area contributed by atoms with Crippen molar-refractivity contribution in [2.75, 3.05) is 6.61 Å². The molecule has 6 heteroatoms. The molecular formula is C18H22N2O3S. The monoisotopic (exact) mass is 346 g/mol. The average molecular weight is 346 g/mol. The van der Waals surface area contributed by atoms with Crippen LogP contribution in [0.3, 0.4) is 0 Å². The summed E-state index contributed by atoms with van der Waals surface area (Å²) in [4.78, 5) is 31.8. The molecule has 0 bridgehead atoms. The molecule has 0 aliphatic heterocycles. The lowest BCUT2D eigenvalue weighted by atomic mass is 10.1. The third-order valence-corrected chi connectivity index (χ3v) is 4.71. The summed E-state index contributed by atoms with van der Waals surface area (Å²) < 4.78 is 5.02. The SMILES string of the molecule is CCOC(=O)c1c(Cc2ccccc2)nc(SC(C)CC)[nH]c1=O. The number of hydrogen-bond acceptors (Lipinski definition) is 5. The van der Waals surface area contributed by atoms with Crippen LogP contribution in [0.1, 0.15) is 48.8 Å². The van der Waals surface area contributed by atoms with Crippen LogP contribution < -0.4 is 5.56 Å². The van der Waals surface area contributed by atoms with E-state index in [1.807, 2.05) is 30.3 Å². The number of ether oxygens (including phenoxy) is 1. The predicted molar refractivity (Wildman–Crippen MR) is 95.7 cm³/mol. The van der Waals surface area contributed by atoms with Gasteiger partial charge in [-0.15, -0.1) is 0 Å². The molecule has 1 N–H and O–H groups in total. The highest BCUT2D eigenvalue weighted by atomic mass is 32.2. The van der Waals surface area contributed by atoms with Crippen LogP contribution in [0.4, 0.5) is 0 Å². The minimum Gasteiger partial charge on any atom is -0.462 e. The number of esters is 1. The Morgan fingerprint density at radius 3 is 2.62 bits per heavy atom. The lowest BCUT2D eigenvalue weighted by Gasteiger charge is -2.12. The van der Waals surface area contributed by atoms with Crippen LogP contribution in [0.15, 0.2) is 40.3 Å². The Labute approximate surface area is 145 Å². The normalized spacial score (nSPS) is 12.0. The van der Waals surface area contributed by atoms with Crippen LogP contribution in [0.5, 0.6) is 0 Å². The zero-order valence-corrected chi connectivity index (χ0v) is 15.0. The van der Waals surface area contributed by atoms with E-state index in [1.54, 1.807) is 6.92 Å². The summed E-state index contributed by atoms with van der Waals surface area (Å²) in [6.07, 6.45) is 1.37. The Balaban J connectivity index is 2.45. The summed E-state index contributed by atoms with van der Waals surface area (Å²) in [5, 5.41) is 0.861. The van der Waals surface area contributed by atoms with Gasteiger partial charge in [-0.1, -0.05) is 55.9 Å². The molecule has 5 nitrogen and oxygen atoms in total. The van der Waals surface area contributed by atoms with Crippen molar-refractivity contribution in [1.82, 2.24) is 9.97 Å². The van der Waals surface area contributed by atoms with Crippen LogP contribution in [0.2, 0.25) is 0 Å². The van der Waals surface area contributed by atoms with E-state index in [4.69, 9.17) is 4.74 Å². The molecule has 2 aromatic rings. The van der Waals surface area contributed by atoms with Crippen molar-refractivity contribution >= 4 is 17.7 Å². The molecule has 128 valence electrons. The maximum Gasteiger partial charge on any atom is 0.345 e. The number of thioether (sulfide) groups is 1. The Hall–Kier alpha value is -2.08. The number of nitrogens with zero attached hydrogens (tertiary/aromatic N) is 1. The fourth-order valence-electron chi connectivity index (χ4n) is 2.16. The number of carbonyl (C=O) groups excluding carboxylic acids is 1. The molecule has 0 spiro atoms. The topological polar surface area (TPSA) is 72.0 Å². The molecule has 24 heavy (non-hydrogen) atoms. The van der Waals surface area contributed by atoms with Gasteiger partial charge >= 0.3 is 5.97 Å². The number of carbonyl (C=O) groups is 1. The summed E-state index contributed by atoms with van der Waals surface area (Å²) >= 11 is 1.50. The van der Waals surface area contributed by atoms with E-state index in [1.165, 1.54) is 11.8 Å². The Bertz CT molecular complexity index is 744. The van der Waals surface area contributed by atoms with Crippen LogP contribution in [-0.4, -0.2) is 27.8 Å². The van der Waals surface area contributed by atoms with Crippen molar-refractivity contribution < 1.29 is 9.53 Å². The summed E-state index contributed by atoms with van der Waals surface area (Å²) in [6, 6.07) is 9.65. The maximum atomic E-state index is 12.4. The van der Waals surface area contributed by atoms with Gasteiger partial charge in [0.2, 0.25) is 0 Å². The number of nitrogens with one attached hydrogen (secondary N) is 1. The maximum absolute atomic E-state index is 12.4. The van der Waals surface area contributed by atoms with Gasteiger partial charge in [0, 0.05) is 11.7 Å². The van der Waals surface area contributed by atoms with E-state index in [9.17, 15) is 9.59 Å². The minimum absolute atomic E-state index is 0.00537. The van der Waals surface area contributed by atoms with Gasteiger partial charge in [-0.25, -0.2) is 9.78 Å². The quantitative estimate of drug-likeness (QED) is 0.472. The van der Waals surface area contributed by atoms with Gasteiger partial charge < -0.3 is 9.72 Å². The third-order valence-electron chi connectivity index (χ3n) is 3.55. The highest BCUT2D eigenvalue weighted by molar-refractivity contribution is 7.99. The summed E-state index contributed by atoms with van der Waals surface area (Å²) in [7, 11) is 0. The molecule has 0 saturated carbocycles. The van der Waals surface area contributed by atoms with E-state index in [0.717, 1.165) is 12.0 Å². The Morgan fingerprint density at radius 1 is 1.29 bits per heavy atom. The van der Waals surface area contributed by atoms with E-state index in [0.29, 0.717) is 22.5 Å². The number of H-pyrrole nitrogens is 1. The van der Waals surface area contributed by atoms with Crippen molar-refractivity contribution in [3.8, 4) is 0 Å². The Kier molecular flexibility index (Phi) is 6.61. The van der Waals surface area contributed by atoms with Gasteiger partial charge in [0.05, 0.1) is 12.3 Å². The van der Waals surface area contributed by atoms with E-state index < -0.39 is 11.5 Å². The summed E-state index contributed by atoms with van der Waals surface area (Å²) in [5.41, 5.74) is 0.990. The first kappa shape index (κ1) is 18.3. The van der Waals surface area contributed by atoms with Crippen molar-refractivity contribution in [3.63, 3.8) is 0 Å². The zero-order chi connectivity index (χ0) is 17.5. The van der Waals surface area contributed by atoms with Crippen molar-refractivity contribution in [2.45, 2.75) is 44.0 Å². The van der Waals surface area contributed by atoms with Crippen LogP contribution in [-0.2, 0) is 11.2 Å². The smallest absolute Gasteiger partial charge is 0.345 e. The molecule has 2 rings (SSSR count). The minimum atomic E-state index is -0.628. The molecule has 0 fully saturated rings. The van der Waals surface area contributed by atoms with Gasteiger partial charge in [-0.05, 0) is 18.9 Å². The first-order chi connectivity index (χ1) is 11.5. The highest BCUT2D eigenvalue weighted by Gasteiger charge is 2.21. The Morgan fingerprint density at radius 2 is 2.00 bits per heavy atom. The summed E-state index contributed by atoms with van der Waals surface area (Å²) in [5.74, 6) is -0.628. The van der Waals surface area contributed by atoms with Gasteiger partial charge in [-0.3, -0.25) is 4.79 Å². The van der Waals surface area contributed by atoms with E-state index >= 15 is 0 Å². The number of hydrogen-bond donors (Lipinski definition) is 1. The molecule has 1 aromatic carbocycles. The van der Waals surface area contributed by atoms with Gasteiger partial charge in [0.25, 0.3) is 5.56 Å². The van der Waals surface area contributed by atoms with Gasteiger partial charge in [-0.2, -0.15) is 0 Å². The molecule has 0 saturated heterocycles. The number of aromatic nitrogens is 2. The molecule has 1 unspecified atom stereocenters. The first-order valence-corrected chi connectivity index (χ1v) is 8.94. The largest absolute Gasteiger partial charge is 0.462 e.